The molecule has 0 spiro atoms. The average molecular weight is 310 g/mol. The average Bonchev–Trinajstić information content (AvgIpc) is 2.62. The lowest BCUT2D eigenvalue weighted by atomic mass is 9.99. The second-order valence-electron chi connectivity index (χ2n) is 5.78. The van der Waals surface area contributed by atoms with Gasteiger partial charge in [0.15, 0.2) is 0 Å². The molecule has 0 aromatic heterocycles. The first-order valence-corrected chi connectivity index (χ1v) is 7.99. The van der Waals surface area contributed by atoms with Gasteiger partial charge in [-0.2, -0.15) is 0 Å². The van der Waals surface area contributed by atoms with Gasteiger partial charge in [-0.05, 0) is 11.1 Å². The van der Waals surface area contributed by atoms with E-state index in [1.807, 2.05) is 66.7 Å². The summed E-state index contributed by atoms with van der Waals surface area (Å²) in [5, 5.41) is 10.1. The summed E-state index contributed by atoms with van der Waals surface area (Å²) in [5.41, 5.74) is 2.25. The van der Waals surface area contributed by atoms with Gasteiger partial charge in [-0.3, -0.25) is 0 Å². The molecule has 2 aromatic rings. The molecule has 0 amide bonds. The minimum absolute atomic E-state index is 0.0284. The lowest BCUT2D eigenvalue weighted by Gasteiger charge is -2.29. The minimum Gasteiger partial charge on any atom is -0.386 e. The van der Waals surface area contributed by atoms with Crippen LogP contribution >= 0.6 is 0 Å². The summed E-state index contributed by atoms with van der Waals surface area (Å²) >= 11 is 0. The second-order valence-corrected chi connectivity index (χ2v) is 5.78. The number of hydrogen-bond acceptors (Lipinski definition) is 3. The van der Waals surface area contributed by atoms with E-state index in [-0.39, 0.29) is 12.2 Å². The predicted molar refractivity (Wildman–Crippen MR) is 89.8 cm³/mol. The molecule has 23 heavy (non-hydrogen) atoms. The highest BCUT2D eigenvalue weighted by molar-refractivity contribution is 5.15. The van der Waals surface area contributed by atoms with Gasteiger partial charge in [0.05, 0.1) is 31.5 Å². The third kappa shape index (κ3) is 4.76. The molecular formula is C20H22O3. The Morgan fingerprint density at radius 2 is 1.35 bits per heavy atom. The normalized spacial score (nSPS) is 23.8. The van der Waals surface area contributed by atoms with Crippen LogP contribution in [-0.4, -0.2) is 23.4 Å². The highest BCUT2D eigenvalue weighted by atomic mass is 16.5. The quantitative estimate of drug-likeness (QED) is 0.830. The first-order valence-electron chi connectivity index (χ1n) is 7.99. The van der Waals surface area contributed by atoms with Crippen molar-refractivity contribution in [3.8, 4) is 0 Å². The Kier molecular flexibility index (Phi) is 5.59. The van der Waals surface area contributed by atoms with Crippen LogP contribution in [0, 0.1) is 0 Å². The first-order chi connectivity index (χ1) is 11.3. The van der Waals surface area contributed by atoms with Crippen molar-refractivity contribution in [1.29, 1.82) is 0 Å². The number of aliphatic hydroxyl groups excluding tert-OH is 1. The number of ether oxygens (including phenoxy) is 2. The Labute approximate surface area is 137 Å². The van der Waals surface area contributed by atoms with Gasteiger partial charge in [0.1, 0.15) is 0 Å². The molecule has 0 aliphatic heterocycles. The van der Waals surface area contributed by atoms with E-state index in [2.05, 4.69) is 0 Å². The standard InChI is InChI=1S/C20H22O3/c21-19-12-11-18(22-14-16-7-3-1-4-8-16)13-20(19)23-15-17-9-5-2-6-10-17/h1-12,18-21H,13-15H2/t18-,19-,20+/m0/s1. The Morgan fingerprint density at radius 1 is 0.783 bits per heavy atom. The SMILES string of the molecule is O[C@H]1C=C[C@H](OCc2ccccc2)C[C@H]1OCc1ccccc1. The monoisotopic (exact) mass is 310 g/mol. The van der Waals surface area contributed by atoms with Crippen LogP contribution < -0.4 is 0 Å². The fraction of sp³-hybridized carbons (Fsp3) is 0.300. The molecule has 1 aliphatic rings. The molecule has 0 saturated heterocycles. The maximum absolute atomic E-state index is 10.1. The molecular weight excluding hydrogens is 288 g/mol. The highest BCUT2D eigenvalue weighted by Crippen LogP contribution is 2.21. The highest BCUT2D eigenvalue weighted by Gasteiger charge is 2.26. The van der Waals surface area contributed by atoms with E-state index in [1.54, 1.807) is 6.08 Å². The summed E-state index contributed by atoms with van der Waals surface area (Å²) in [7, 11) is 0. The molecule has 2 aromatic carbocycles. The summed E-state index contributed by atoms with van der Waals surface area (Å²) in [5.74, 6) is 0. The molecule has 3 heteroatoms. The molecule has 0 fully saturated rings. The lowest BCUT2D eigenvalue weighted by Crippen LogP contribution is -2.35. The molecule has 1 aliphatic carbocycles. The first kappa shape index (κ1) is 15.9. The van der Waals surface area contributed by atoms with E-state index in [1.165, 1.54) is 0 Å². The molecule has 0 saturated carbocycles. The van der Waals surface area contributed by atoms with Gasteiger partial charge in [0, 0.05) is 6.42 Å². The Hall–Kier alpha value is -1.94. The van der Waals surface area contributed by atoms with Crippen LogP contribution in [0.3, 0.4) is 0 Å². The lowest BCUT2D eigenvalue weighted by molar-refractivity contribution is -0.0656. The summed E-state index contributed by atoms with van der Waals surface area (Å²) in [6.45, 7) is 1.07. The molecule has 120 valence electrons. The Morgan fingerprint density at radius 3 is 1.96 bits per heavy atom. The summed E-state index contributed by atoms with van der Waals surface area (Å²) < 4.78 is 11.8. The van der Waals surface area contributed by atoms with Crippen molar-refractivity contribution >= 4 is 0 Å². The van der Waals surface area contributed by atoms with Crippen molar-refractivity contribution in [2.24, 2.45) is 0 Å². The van der Waals surface area contributed by atoms with Crippen molar-refractivity contribution in [2.75, 3.05) is 0 Å². The van der Waals surface area contributed by atoms with Crippen LogP contribution in [0.15, 0.2) is 72.8 Å². The second kappa shape index (κ2) is 8.06. The molecule has 0 heterocycles. The molecule has 0 radical (unpaired) electrons. The van der Waals surface area contributed by atoms with Crippen LogP contribution in [0.2, 0.25) is 0 Å². The Balaban J connectivity index is 1.51. The van der Waals surface area contributed by atoms with Crippen LogP contribution in [0.1, 0.15) is 17.5 Å². The smallest absolute Gasteiger partial charge is 0.0984 e. The van der Waals surface area contributed by atoms with Crippen molar-refractivity contribution < 1.29 is 14.6 Å². The summed E-state index contributed by atoms with van der Waals surface area (Å²) in [6, 6.07) is 20.1. The van der Waals surface area contributed by atoms with Gasteiger partial charge in [0.25, 0.3) is 0 Å². The van der Waals surface area contributed by atoms with Gasteiger partial charge < -0.3 is 14.6 Å². The van der Waals surface area contributed by atoms with E-state index in [0.717, 1.165) is 11.1 Å². The number of hydrogen-bond donors (Lipinski definition) is 1. The van der Waals surface area contributed by atoms with E-state index < -0.39 is 6.10 Å². The van der Waals surface area contributed by atoms with Crippen LogP contribution in [0.4, 0.5) is 0 Å². The van der Waals surface area contributed by atoms with Crippen molar-refractivity contribution in [1.82, 2.24) is 0 Å². The largest absolute Gasteiger partial charge is 0.386 e. The zero-order valence-electron chi connectivity index (χ0n) is 13.0. The van der Waals surface area contributed by atoms with E-state index in [0.29, 0.717) is 19.6 Å². The fourth-order valence-electron chi connectivity index (χ4n) is 2.65. The maximum atomic E-state index is 10.1. The minimum atomic E-state index is -0.574. The van der Waals surface area contributed by atoms with Crippen molar-refractivity contribution in [2.45, 2.75) is 37.9 Å². The Bertz CT molecular complexity index is 609. The molecule has 0 bridgehead atoms. The molecule has 1 N–H and O–H groups in total. The van der Waals surface area contributed by atoms with Crippen molar-refractivity contribution in [3.05, 3.63) is 83.9 Å². The molecule has 0 unspecified atom stereocenters. The third-order valence-corrected chi connectivity index (χ3v) is 3.98. The van der Waals surface area contributed by atoms with E-state index in [4.69, 9.17) is 9.47 Å². The molecule has 3 nitrogen and oxygen atoms in total. The molecule has 3 rings (SSSR count). The number of aliphatic hydroxyl groups is 1. The van der Waals surface area contributed by atoms with Gasteiger partial charge >= 0.3 is 0 Å². The zero-order valence-corrected chi connectivity index (χ0v) is 13.0. The van der Waals surface area contributed by atoms with Crippen LogP contribution in [0.25, 0.3) is 0 Å². The predicted octanol–water partition coefficient (Wildman–Crippen LogP) is 3.48. The van der Waals surface area contributed by atoms with Crippen molar-refractivity contribution in [3.63, 3.8) is 0 Å². The fourth-order valence-corrected chi connectivity index (χ4v) is 2.65. The summed E-state index contributed by atoms with van der Waals surface area (Å²) in [4.78, 5) is 0. The molecule has 3 atom stereocenters. The van der Waals surface area contributed by atoms with Gasteiger partial charge in [0.2, 0.25) is 0 Å². The van der Waals surface area contributed by atoms with Crippen LogP contribution in [-0.2, 0) is 22.7 Å². The van der Waals surface area contributed by atoms with Gasteiger partial charge in [-0.1, -0.05) is 72.8 Å². The topological polar surface area (TPSA) is 38.7 Å². The number of benzene rings is 2. The maximum Gasteiger partial charge on any atom is 0.0984 e. The van der Waals surface area contributed by atoms with Gasteiger partial charge in [-0.15, -0.1) is 0 Å². The zero-order chi connectivity index (χ0) is 15.9. The van der Waals surface area contributed by atoms with E-state index >= 15 is 0 Å². The van der Waals surface area contributed by atoms with Crippen LogP contribution in [0.5, 0.6) is 0 Å². The van der Waals surface area contributed by atoms with E-state index in [9.17, 15) is 5.11 Å². The number of rotatable bonds is 6. The summed E-state index contributed by atoms with van der Waals surface area (Å²) in [6.07, 6.45) is 3.53. The third-order valence-electron chi connectivity index (χ3n) is 3.98. The van der Waals surface area contributed by atoms with Gasteiger partial charge in [-0.25, -0.2) is 0 Å².